The molecule has 7 nitrogen and oxygen atoms in total. The van der Waals surface area contributed by atoms with E-state index in [1.165, 1.54) is 59.5 Å². The minimum atomic E-state index is -4.24. The van der Waals surface area contributed by atoms with E-state index in [0.29, 0.717) is 5.56 Å². The molecular formula is C29H32Cl2FN3O4S. The molecule has 0 saturated heterocycles. The normalized spacial score (nSPS) is 12.5. The third kappa shape index (κ3) is 7.96. The fourth-order valence-electron chi connectivity index (χ4n) is 4.05. The molecule has 11 heteroatoms. The fraction of sp³-hybridized carbons (Fsp3) is 0.310. The van der Waals surface area contributed by atoms with Crippen LogP contribution in [0.2, 0.25) is 10.0 Å². The van der Waals surface area contributed by atoms with Crippen LogP contribution in [-0.2, 0) is 26.2 Å². The van der Waals surface area contributed by atoms with Crippen molar-refractivity contribution in [3.05, 3.63) is 94.2 Å². The number of halogens is 3. The van der Waals surface area contributed by atoms with Gasteiger partial charge in [0.1, 0.15) is 18.4 Å². The van der Waals surface area contributed by atoms with Crippen molar-refractivity contribution in [3.8, 4) is 0 Å². The molecule has 1 N–H and O–H groups in total. The van der Waals surface area contributed by atoms with Gasteiger partial charge >= 0.3 is 0 Å². The van der Waals surface area contributed by atoms with Crippen LogP contribution in [0, 0.1) is 5.82 Å². The van der Waals surface area contributed by atoms with E-state index >= 15 is 0 Å². The highest BCUT2D eigenvalue weighted by Gasteiger charge is 2.34. The molecule has 0 fully saturated rings. The van der Waals surface area contributed by atoms with Crippen molar-refractivity contribution >= 4 is 50.7 Å². The SMILES string of the molecule is CC[C@@H](C(=O)NC(C)(C)C)N(Cc1ccc(F)cc1)C(=O)CN(c1ccc(Cl)c(Cl)c1)S(=O)(=O)c1ccccc1. The van der Waals surface area contributed by atoms with Crippen LogP contribution in [0.1, 0.15) is 39.7 Å². The Morgan fingerprint density at radius 1 is 0.950 bits per heavy atom. The number of nitrogens with one attached hydrogen (secondary N) is 1. The summed E-state index contributed by atoms with van der Waals surface area (Å²) >= 11 is 12.3. The molecule has 0 aliphatic heterocycles. The Balaban J connectivity index is 2.08. The van der Waals surface area contributed by atoms with Gasteiger partial charge in [0.05, 0.1) is 20.6 Å². The second-order valence-electron chi connectivity index (χ2n) is 10.2. The molecule has 214 valence electrons. The van der Waals surface area contributed by atoms with Gasteiger partial charge < -0.3 is 10.2 Å². The number of benzene rings is 3. The van der Waals surface area contributed by atoms with Gasteiger partial charge in [-0.05, 0) is 75.2 Å². The Hall–Kier alpha value is -3.14. The molecule has 0 radical (unpaired) electrons. The average molecular weight is 609 g/mol. The quantitative estimate of drug-likeness (QED) is 0.304. The van der Waals surface area contributed by atoms with Crippen LogP contribution in [-0.4, -0.2) is 43.3 Å². The van der Waals surface area contributed by atoms with E-state index in [9.17, 15) is 22.4 Å². The highest BCUT2D eigenvalue weighted by atomic mass is 35.5. The summed E-state index contributed by atoms with van der Waals surface area (Å²) in [4.78, 5) is 28.6. The van der Waals surface area contributed by atoms with Gasteiger partial charge in [-0.25, -0.2) is 12.8 Å². The maximum Gasteiger partial charge on any atom is 0.264 e. The first kappa shape index (κ1) is 31.4. The summed E-state index contributed by atoms with van der Waals surface area (Å²) in [5.74, 6) is -1.47. The zero-order valence-corrected chi connectivity index (χ0v) is 25.0. The molecule has 2 amide bonds. The molecule has 0 aliphatic rings. The second kappa shape index (κ2) is 13.0. The number of amides is 2. The lowest BCUT2D eigenvalue weighted by Gasteiger charge is -2.34. The van der Waals surface area contributed by atoms with Gasteiger partial charge in [0.15, 0.2) is 0 Å². The van der Waals surface area contributed by atoms with Crippen molar-refractivity contribution in [2.45, 2.75) is 57.1 Å². The smallest absolute Gasteiger partial charge is 0.264 e. The van der Waals surface area contributed by atoms with E-state index in [2.05, 4.69) is 5.32 Å². The molecule has 0 unspecified atom stereocenters. The minimum absolute atomic E-state index is 0.0310. The molecule has 40 heavy (non-hydrogen) atoms. The summed E-state index contributed by atoms with van der Waals surface area (Å²) in [6.07, 6.45) is 0.257. The Morgan fingerprint density at radius 2 is 1.57 bits per heavy atom. The third-order valence-corrected chi connectivity index (χ3v) is 8.48. The second-order valence-corrected chi connectivity index (χ2v) is 12.9. The third-order valence-electron chi connectivity index (χ3n) is 5.95. The molecule has 0 saturated carbocycles. The molecule has 0 aliphatic carbocycles. The van der Waals surface area contributed by atoms with E-state index in [4.69, 9.17) is 23.2 Å². The van der Waals surface area contributed by atoms with Gasteiger partial charge in [-0.1, -0.05) is 60.5 Å². The lowest BCUT2D eigenvalue weighted by molar-refractivity contribution is -0.141. The molecule has 0 bridgehead atoms. The fourth-order valence-corrected chi connectivity index (χ4v) is 5.77. The molecule has 0 spiro atoms. The van der Waals surface area contributed by atoms with Crippen LogP contribution in [0.15, 0.2) is 77.7 Å². The van der Waals surface area contributed by atoms with Gasteiger partial charge in [-0.3, -0.25) is 13.9 Å². The van der Waals surface area contributed by atoms with Crippen LogP contribution < -0.4 is 9.62 Å². The van der Waals surface area contributed by atoms with Crippen molar-refractivity contribution in [1.29, 1.82) is 0 Å². The number of carbonyl (C=O) groups excluding carboxylic acids is 2. The van der Waals surface area contributed by atoms with E-state index in [1.54, 1.807) is 25.1 Å². The van der Waals surface area contributed by atoms with Crippen LogP contribution in [0.3, 0.4) is 0 Å². The topological polar surface area (TPSA) is 86.8 Å². The minimum Gasteiger partial charge on any atom is -0.350 e. The monoisotopic (exact) mass is 607 g/mol. The number of hydrogen-bond donors (Lipinski definition) is 1. The number of rotatable bonds is 10. The molecule has 3 rings (SSSR count). The summed E-state index contributed by atoms with van der Waals surface area (Å²) in [5, 5.41) is 3.23. The Kier molecular flexibility index (Phi) is 10.2. The van der Waals surface area contributed by atoms with Crippen LogP contribution in [0.5, 0.6) is 0 Å². The molecule has 0 heterocycles. The van der Waals surface area contributed by atoms with Crippen molar-refractivity contribution < 1.29 is 22.4 Å². The Labute approximate surface area is 244 Å². The zero-order chi connectivity index (χ0) is 29.7. The zero-order valence-electron chi connectivity index (χ0n) is 22.7. The molecule has 3 aromatic carbocycles. The maximum absolute atomic E-state index is 14.0. The lowest BCUT2D eigenvalue weighted by atomic mass is 10.1. The maximum atomic E-state index is 14.0. The molecular weight excluding hydrogens is 576 g/mol. The van der Waals surface area contributed by atoms with Gasteiger partial charge in [0.2, 0.25) is 11.8 Å². The van der Waals surface area contributed by atoms with E-state index < -0.39 is 45.8 Å². The highest BCUT2D eigenvalue weighted by Crippen LogP contribution is 2.31. The Bertz CT molecular complexity index is 1450. The highest BCUT2D eigenvalue weighted by molar-refractivity contribution is 7.92. The van der Waals surface area contributed by atoms with Crippen molar-refractivity contribution in [2.75, 3.05) is 10.8 Å². The number of sulfonamides is 1. The van der Waals surface area contributed by atoms with Crippen LogP contribution >= 0.6 is 23.2 Å². The van der Waals surface area contributed by atoms with E-state index in [1.807, 2.05) is 20.8 Å². The molecule has 1 atom stereocenters. The first-order valence-electron chi connectivity index (χ1n) is 12.6. The first-order chi connectivity index (χ1) is 18.7. The summed E-state index contributed by atoms with van der Waals surface area (Å²) in [7, 11) is -4.24. The summed E-state index contributed by atoms with van der Waals surface area (Å²) < 4.78 is 42.1. The average Bonchev–Trinajstić information content (AvgIpc) is 2.89. The number of nitrogens with zero attached hydrogens (tertiary/aromatic N) is 2. The summed E-state index contributed by atoms with van der Waals surface area (Å²) in [6, 6.07) is 16.6. The van der Waals surface area contributed by atoms with Gasteiger partial charge in [-0.2, -0.15) is 0 Å². The van der Waals surface area contributed by atoms with Gasteiger partial charge in [0, 0.05) is 12.1 Å². The van der Waals surface area contributed by atoms with Crippen molar-refractivity contribution in [2.24, 2.45) is 0 Å². The Morgan fingerprint density at radius 3 is 2.12 bits per heavy atom. The molecule has 0 aromatic heterocycles. The summed E-state index contributed by atoms with van der Waals surface area (Å²) in [5.41, 5.74) is 0.127. The van der Waals surface area contributed by atoms with Gasteiger partial charge in [0.25, 0.3) is 10.0 Å². The standard InChI is InChI=1S/C29H32Cl2FN3O4S/c1-5-26(28(37)33-29(2,3)4)34(18-20-11-13-21(32)14-12-20)27(36)19-35(22-15-16-24(30)25(31)17-22)40(38,39)23-9-7-6-8-10-23/h6-17,26H,5,18-19H2,1-4H3,(H,33,37)/t26-/m0/s1. The molecule has 3 aromatic rings. The summed E-state index contributed by atoms with van der Waals surface area (Å²) in [6.45, 7) is 6.55. The van der Waals surface area contributed by atoms with E-state index in [0.717, 1.165) is 4.31 Å². The van der Waals surface area contributed by atoms with Crippen LogP contribution in [0.25, 0.3) is 0 Å². The van der Waals surface area contributed by atoms with Crippen molar-refractivity contribution in [3.63, 3.8) is 0 Å². The first-order valence-corrected chi connectivity index (χ1v) is 14.8. The van der Waals surface area contributed by atoms with Crippen LogP contribution in [0.4, 0.5) is 10.1 Å². The van der Waals surface area contributed by atoms with Crippen molar-refractivity contribution in [1.82, 2.24) is 10.2 Å². The number of anilines is 1. The largest absolute Gasteiger partial charge is 0.350 e. The number of hydrogen-bond acceptors (Lipinski definition) is 4. The van der Waals surface area contributed by atoms with Gasteiger partial charge in [-0.15, -0.1) is 0 Å². The number of carbonyl (C=O) groups is 2. The predicted octanol–water partition coefficient (Wildman–Crippen LogP) is 6.05. The van der Waals surface area contributed by atoms with E-state index in [-0.39, 0.29) is 33.6 Å². The lowest BCUT2D eigenvalue weighted by Crippen LogP contribution is -2.55. The predicted molar refractivity (Wildman–Crippen MR) is 156 cm³/mol.